The summed E-state index contributed by atoms with van der Waals surface area (Å²) in [5, 5.41) is 11.6. The Balaban J connectivity index is 2.34. The smallest absolute Gasteiger partial charge is 0.335 e. The highest BCUT2D eigenvalue weighted by Gasteiger charge is 2.20. The van der Waals surface area contributed by atoms with E-state index in [2.05, 4.69) is 10.0 Å². The van der Waals surface area contributed by atoms with Crippen LogP contribution in [0.3, 0.4) is 0 Å². The van der Waals surface area contributed by atoms with Crippen molar-refractivity contribution in [3.8, 4) is 5.75 Å². The first-order chi connectivity index (χ1) is 12.6. The maximum absolute atomic E-state index is 12.6. The second kappa shape index (κ2) is 8.09. The maximum Gasteiger partial charge on any atom is 0.335 e. The van der Waals surface area contributed by atoms with E-state index in [1.54, 1.807) is 13.8 Å². The molecule has 9 heteroatoms. The number of aromatic carboxylic acids is 1. The average molecular weight is 392 g/mol. The molecule has 144 valence electrons. The molecule has 2 rings (SSSR count). The minimum Gasteiger partial charge on any atom is -0.496 e. The van der Waals surface area contributed by atoms with Gasteiger partial charge in [-0.1, -0.05) is 0 Å². The average Bonchev–Trinajstić information content (AvgIpc) is 2.60. The molecule has 0 fully saturated rings. The number of hydrogen-bond donors (Lipinski definition) is 3. The molecule has 3 N–H and O–H groups in total. The Morgan fingerprint density at radius 3 is 2.22 bits per heavy atom. The molecule has 0 saturated heterocycles. The molecule has 0 radical (unpaired) electrons. The third-order valence-electron chi connectivity index (χ3n) is 3.53. The van der Waals surface area contributed by atoms with E-state index in [0.29, 0.717) is 0 Å². The zero-order valence-corrected chi connectivity index (χ0v) is 15.8. The van der Waals surface area contributed by atoms with Gasteiger partial charge in [0.1, 0.15) is 5.75 Å². The fourth-order valence-corrected chi connectivity index (χ4v) is 3.35. The van der Waals surface area contributed by atoms with Crippen LogP contribution in [0, 0.1) is 0 Å². The minimum atomic E-state index is -3.99. The van der Waals surface area contributed by atoms with Crippen molar-refractivity contribution in [2.45, 2.75) is 24.8 Å². The quantitative estimate of drug-likeness (QED) is 0.665. The molecule has 1 amide bonds. The number of sulfonamides is 1. The van der Waals surface area contributed by atoms with Crippen molar-refractivity contribution in [2.75, 3.05) is 11.8 Å². The molecular formula is C18H20N2O6S. The Morgan fingerprint density at radius 2 is 1.70 bits per heavy atom. The van der Waals surface area contributed by atoms with Crippen molar-refractivity contribution >= 4 is 27.6 Å². The normalized spacial score (nSPS) is 11.1. The van der Waals surface area contributed by atoms with Crippen molar-refractivity contribution in [1.82, 2.24) is 5.32 Å². The third-order valence-corrected chi connectivity index (χ3v) is 4.91. The molecule has 0 aromatic heterocycles. The number of hydrogen-bond acceptors (Lipinski definition) is 5. The molecule has 2 aromatic carbocycles. The van der Waals surface area contributed by atoms with E-state index < -0.39 is 21.9 Å². The first kappa shape index (κ1) is 20.2. The Morgan fingerprint density at radius 1 is 1.07 bits per heavy atom. The number of methoxy groups -OCH3 is 1. The Labute approximate surface area is 157 Å². The van der Waals surface area contributed by atoms with Crippen LogP contribution in [0.1, 0.15) is 34.6 Å². The van der Waals surface area contributed by atoms with Crippen LogP contribution in [0.4, 0.5) is 5.69 Å². The fourth-order valence-electron chi connectivity index (χ4n) is 2.27. The lowest BCUT2D eigenvalue weighted by atomic mass is 10.2. The van der Waals surface area contributed by atoms with E-state index in [4.69, 9.17) is 9.84 Å². The molecule has 0 atom stereocenters. The van der Waals surface area contributed by atoms with Gasteiger partial charge in [-0.15, -0.1) is 0 Å². The van der Waals surface area contributed by atoms with E-state index in [9.17, 15) is 18.0 Å². The van der Waals surface area contributed by atoms with E-state index in [1.807, 2.05) is 0 Å². The summed E-state index contributed by atoms with van der Waals surface area (Å²) in [7, 11) is -2.60. The zero-order chi connectivity index (χ0) is 20.2. The van der Waals surface area contributed by atoms with Gasteiger partial charge in [-0.3, -0.25) is 9.52 Å². The van der Waals surface area contributed by atoms with Crippen LogP contribution in [0.25, 0.3) is 0 Å². The molecule has 0 aliphatic rings. The molecule has 0 saturated carbocycles. The fraction of sp³-hybridized carbons (Fsp3) is 0.222. The number of amides is 1. The first-order valence-corrected chi connectivity index (χ1v) is 9.47. The largest absolute Gasteiger partial charge is 0.496 e. The van der Waals surface area contributed by atoms with E-state index in [-0.39, 0.29) is 33.5 Å². The highest BCUT2D eigenvalue weighted by atomic mass is 32.2. The van der Waals surface area contributed by atoms with Crippen molar-refractivity contribution in [3.63, 3.8) is 0 Å². The van der Waals surface area contributed by atoms with Crippen molar-refractivity contribution in [3.05, 3.63) is 53.6 Å². The summed E-state index contributed by atoms with van der Waals surface area (Å²) in [5.74, 6) is -1.32. The lowest BCUT2D eigenvalue weighted by Crippen LogP contribution is -2.30. The number of carboxylic acid groups (broad SMARTS) is 1. The Bertz CT molecular complexity index is 952. The van der Waals surface area contributed by atoms with Gasteiger partial charge in [0.15, 0.2) is 0 Å². The summed E-state index contributed by atoms with van der Waals surface area (Å²) in [6.07, 6.45) is 0. The summed E-state index contributed by atoms with van der Waals surface area (Å²) in [6.45, 7) is 3.57. The van der Waals surface area contributed by atoms with Crippen LogP contribution in [0.15, 0.2) is 47.4 Å². The van der Waals surface area contributed by atoms with E-state index in [1.165, 1.54) is 49.6 Å². The second-order valence-electron chi connectivity index (χ2n) is 5.98. The van der Waals surface area contributed by atoms with Gasteiger partial charge in [-0.05, 0) is 56.3 Å². The molecule has 0 unspecified atom stereocenters. The number of ether oxygens (including phenoxy) is 1. The lowest BCUT2D eigenvalue weighted by molar-refractivity contribution is 0.0696. The van der Waals surface area contributed by atoms with Gasteiger partial charge >= 0.3 is 5.97 Å². The summed E-state index contributed by atoms with van der Waals surface area (Å²) in [5.41, 5.74) is 0.328. The predicted molar refractivity (Wildman–Crippen MR) is 99.8 cm³/mol. The van der Waals surface area contributed by atoms with Gasteiger partial charge < -0.3 is 15.2 Å². The molecule has 0 spiro atoms. The molecule has 2 aromatic rings. The molecule has 27 heavy (non-hydrogen) atoms. The van der Waals surface area contributed by atoms with Gasteiger partial charge in [0.25, 0.3) is 15.9 Å². The minimum absolute atomic E-state index is 0.0371. The van der Waals surface area contributed by atoms with Crippen LogP contribution in [-0.2, 0) is 10.0 Å². The highest BCUT2D eigenvalue weighted by molar-refractivity contribution is 7.92. The van der Waals surface area contributed by atoms with Crippen LogP contribution < -0.4 is 14.8 Å². The maximum atomic E-state index is 12.6. The highest BCUT2D eigenvalue weighted by Crippen LogP contribution is 2.24. The van der Waals surface area contributed by atoms with Gasteiger partial charge in [0, 0.05) is 11.7 Å². The second-order valence-corrected chi connectivity index (χ2v) is 7.66. The molecule has 8 nitrogen and oxygen atoms in total. The lowest BCUT2D eigenvalue weighted by Gasteiger charge is -2.14. The summed E-state index contributed by atoms with van der Waals surface area (Å²) in [4.78, 5) is 23.1. The molecule has 0 aliphatic carbocycles. The third kappa shape index (κ3) is 4.98. The number of carboxylic acids is 1. The zero-order valence-electron chi connectivity index (χ0n) is 15.0. The van der Waals surface area contributed by atoms with Crippen LogP contribution >= 0.6 is 0 Å². The van der Waals surface area contributed by atoms with Gasteiger partial charge in [-0.25, -0.2) is 13.2 Å². The van der Waals surface area contributed by atoms with Crippen LogP contribution in [-0.4, -0.2) is 38.6 Å². The Kier molecular flexibility index (Phi) is 6.06. The number of anilines is 1. The van der Waals surface area contributed by atoms with Gasteiger partial charge in [0.05, 0.1) is 23.1 Å². The molecular weight excluding hydrogens is 372 g/mol. The summed E-state index contributed by atoms with van der Waals surface area (Å²) >= 11 is 0. The van der Waals surface area contributed by atoms with Gasteiger partial charge in [0.2, 0.25) is 0 Å². The van der Waals surface area contributed by atoms with Gasteiger partial charge in [-0.2, -0.15) is 0 Å². The van der Waals surface area contributed by atoms with E-state index in [0.717, 1.165) is 0 Å². The van der Waals surface area contributed by atoms with Crippen molar-refractivity contribution in [2.24, 2.45) is 0 Å². The predicted octanol–water partition coefficient (Wildman–Crippen LogP) is 2.33. The SMILES string of the molecule is COc1ccc(S(=O)(=O)Nc2ccc(C(=O)O)cc2)cc1C(=O)NC(C)C. The number of carbonyl (C=O) groups is 2. The number of benzene rings is 2. The summed E-state index contributed by atoms with van der Waals surface area (Å²) in [6, 6.07) is 9.08. The number of rotatable bonds is 7. The number of carbonyl (C=O) groups excluding carboxylic acids is 1. The topological polar surface area (TPSA) is 122 Å². The van der Waals surface area contributed by atoms with Crippen LogP contribution in [0.5, 0.6) is 5.75 Å². The van der Waals surface area contributed by atoms with Crippen molar-refractivity contribution in [1.29, 1.82) is 0 Å². The Hall–Kier alpha value is -3.07. The number of nitrogens with one attached hydrogen (secondary N) is 2. The van der Waals surface area contributed by atoms with Crippen molar-refractivity contribution < 1.29 is 27.9 Å². The molecule has 0 heterocycles. The molecule has 0 aliphatic heterocycles. The molecule has 0 bridgehead atoms. The first-order valence-electron chi connectivity index (χ1n) is 7.99. The van der Waals surface area contributed by atoms with Crippen LogP contribution in [0.2, 0.25) is 0 Å². The summed E-state index contributed by atoms with van der Waals surface area (Å²) < 4.78 is 32.7. The monoisotopic (exact) mass is 392 g/mol. The standard InChI is InChI=1S/C18H20N2O6S/c1-11(2)19-17(21)15-10-14(8-9-16(15)26-3)27(24,25)20-13-6-4-12(5-7-13)18(22)23/h4-11,20H,1-3H3,(H,19,21)(H,22,23). The van der Waals surface area contributed by atoms with E-state index >= 15 is 0 Å².